The van der Waals surface area contributed by atoms with Crippen LogP contribution in [-0.4, -0.2) is 43.8 Å². The highest BCUT2D eigenvalue weighted by molar-refractivity contribution is 7.91. The lowest BCUT2D eigenvalue weighted by atomic mass is 9.73. The quantitative estimate of drug-likeness (QED) is 0.358. The highest BCUT2D eigenvalue weighted by Gasteiger charge is 2.47. The lowest BCUT2D eigenvalue weighted by molar-refractivity contribution is -0.125. The molecule has 210 valence electrons. The molecule has 2 aliphatic carbocycles. The third-order valence-corrected chi connectivity index (χ3v) is 10.5. The van der Waals surface area contributed by atoms with Crippen LogP contribution in [0.2, 0.25) is 0 Å². The topological polar surface area (TPSA) is 128 Å². The second-order valence-electron chi connectivity index (χ2n) is 11.6. The van der Waals surface area contributed by atoms with Crippen LogP contribution in [0.1, 0.15) is 62.2 Å². The van der Waals surface area contributed by atoms with E-state index >= 15 is 0 Å². The first-order valence-electron chi connectivity index (χ1n) is 14.3. The van der Waals surface area contributed by atoms with Crippen LogP contribution in [0.25, 0.3) is 22.7 Å². The number of carbonyl (C=O) groups is 1. The van der Waals surface area contributed by atoms with Crippen molar-refractivity contribution in [1.82, 2.24) is 4.98 Å². The van der Waals surface area contributed by atoms with Gasteiger partial charge in [-0.05, 0) is 49.9 Å². The molecule has 2 saturated carbocycles. The van der Waals surface area contributed by atoms with Gasteiger partial charge in [-0.15, -0.1) is 0 Å². The summed E-state index contributed by atoms with van der Waals surface area (Å²) in [6.07, 6.45) is 5.33. The minimum absolute atomic E-state index is 0.130. The summed E-state index contributed by atoms with van der Waals surface area (Å²) >= 11 is 0. The highest BCUT2D eigenvalue weighted by atomic mass is 32.2. The van der Waals surface area contributed by atoms with Gasteiger partial charge in [-0.1, -0.05) is 37.1 Å². The zero-order valence-corrected chi connectivity index (χ0v) is 23.7. The maximum absolute atomic E-state index is 13.6. The lowest BCUT2D eigenvalue weighted by Crippen LogP contribution is -2.40. The normalized spacial score (nSPS) is 22.8. The molecule has 0 amide bonds. The molecule has 0 bridgehead atoms. The Morgan fingerprint density at radius 3 is 2.41 bits per heavy atom. The average Bonchev–Trinajstić information content (AvgIpc) is 3.63. The Kier molecular flexibility index (Phi) is 7.17. The standard InChI is InChI=1S/C32H32N4O4S/c33-20-23-5-1-2-6-25(23)31-35-29(22-9-11-24(12-10-22)36-15-17-41(38,39)18-16-36)30(40-31)27-8-4-3-7-26(27)28(37)19-32(21-34)13-14-32/h1-2,5-6,9-12,26-27H,3-4,7-8,13-19H2/t26-,27-/m1/s1. The molecule has 8 nitrogen and oxygen atoms in total. The number of Topliss-reactive ketones (excluding diaryl/α,β-unsaturated/α-hetero) is 1. The van der Waals surface area contributed by atoms with E-state index < -0.39 is 15.3 Å². The number of hydrogen-bond acceptors (Lipinski definition) is 8. The van der Waals surface area contributed by atoms with E-state index in [0.29, 0.717) is 48.0 Å². The smallest absolute Gasteiger partial charge is 0.228 e. The van der Waals surface area contributed by atoms with Gasteiger partial charge in [0.1, 0.15) is 17.2 Å². The van der Waals surface area contributed by atoms with Gasteiger partial charge in [0, 0.05) is 42.6 Å². The molecular formula is C32H32N4O4S. The summed E-state index contributed by atoms with van der Waals surface area (Å²) in [6, 6.07) is 19.7. The van der Waals surface area contributed by atoms with Gasteiger partial charge in [0.05, 0.1) is 40.2 Å². The number of nitrogens with zero attached hydrogens (tertiary/aromatic N) is 4. The molecule has 3 fully saturated rings. The van der Waals surface area contributed by atoms with Crippen LogP contribution >= 0.6 is 0 Å². The van der Waals surface area contributed by atoms with Crippen molar-refractivity contribution >= 4 is 21.3 Å². The Hall–Kier alpha value is -3.95. The van der Waals surface area contributed by atoms with Gasteiger partial charge in [-0.25, -0.2) is 13.4 Å². The number of sulfone groups is 1. The first kappa shape index (κ1) is 27.2. The second-order valence-corrected chi connectivity index (χ2v) is 13.9. The molecule has 9 heteroatoms. The number of oxazole rings is 1. The fraction of sp³-hybridized carbons (Fsp3) is 0.438. The van der Waals surface area contributed by atoms with E-state index in [0.717, 1.165) is 49.8 Å². The number of rotatable bonds is 7. The third kappa shape index (κ3) is 5.52. The predicted molar refractivity (Wildman–Crippen MR) is 155 cm³/mol. The van der Waals surface area contributed by atoms with Crippen molar-refractivity contribution in [2.24, 2.45) is 11.3 Å². The molecule has 2 heterocycles. The first-order valence-corrected chi connectivity index (χ1v) is 16.1. The number of aromatic nitrogens is 1. The number of carbonyl (C=O) groups excluding carboxylic acids is 1. The van der Waals surface area contributed by atoms with Crippen LogP contribution in [0.5, 0.6) is 0 Å². The molecule has 3 aromatic rings. The molecule has 0 spiro atoms. The van der Waals surface area contributed by atoms with Gasteiger partial charge in [0.15, 0.2) is 9.84 Å². The Morgan fingerprint density at radius 1 is 1.02 bits per heavy atom. The molecule has 0 N–H and O–H groups in total. The van der Waals surface area contributed by atoms with Crippen LogP contribution in [0.15, 0.2) is 52.9 Å². The molecule has 2 aromatic carbocycles. The fourth-order valence-corrected chi connectivity index (χ4v) is 7.45. The summed E-state index contributed by atoms with van der Waals surface area (Å²) in [6.45, 7) is 0.921. The Balaban J connectivity index is 1.37. The molecule has 2 atom stereocenters. The molecule has 1 aromatic heterocycles. The SMILES string of the molecule is N#Cc1ccccc1-c1nc(-c2ccc(N3CCS(=O)(=O)CC3)cc2)c([C@@H]2CCCC[C@H]2C(=O)CC2(C#N)CC2)o1. The van der Waals surface area contributed by atoms with E-state index in [1.165, 1.54) is 0 Å². The van der Waals surface area contributed by atoms with Gasteiger partial charge in [0.2, 0.25) is 5.89 Å². The van der Waals surface area contributed by atoms with Crippen LogP contribution < -0.4 is 4.90 Å². The Labute approximate surface area is 240 Å². The summed E-state index contributed by atoms with van der Waals surface area (Å²) in [5.74, 6) is 1.03. The van der Waals surface area contributed by atoms with Gasteiger partial charge >= 0.3 is 0 Å². The zero-order valence-electron chi connectivity index (χ0n) is 22.9. The molecule has 0 radical (unpaired) electrons. The van der Waals surface area contributed by atoms with Crippen molar-refractivity contribution in [2.75, 3.05) is 29.5 Å². The number of nitriles is 2. The van der Waals surface area contributed by atoms with E-state index in [1.54, 1.807) is 12.1 Å². The van der Waals surface area contributed by atoms with E-state index in [9.17, 15) is 23.7 Å². The van der Waals surface area contributed by atoms with Gasteiger partial charge in [0.25, 0.3) is 0 Å². The predicted octanol–water partition coefficient (Wildman–Crippen LogP) is 5.65. The molecule has 41 heavy (non-hydrogen) atoms. The minimum Gasteiger partial charge on any atom is -0.440 e. The molecule has 6 rings (SSSR count). The fourth-order valence-electron chi connectivity index (χ4n) is 6.25. The molecular weight excluding hydrogens is 536 g/mol. The number of ketones is 1. The summed E-state index contributed by atoms with van der Waals surface area (Å²) in [7, 11) is -2.98. The van der Waals surface area contributed by atoms with Gasteiger partial charge in [-0.3, -0.25) is 4.79 Å². The third-order valence-electron chi connectivity index (χ3n) is 8.90. The number of benzene rings is 2. The summed E-state index contributed by atoms with van der Waals surface area (Å²) < 4.78 is 30.3. The molecule has 1 aliphatic heterocycles. The maximum Gasteiger partial charge on any atom is 0.228 e. The molecule has 1 saturated heterocycles. The largest absolute Gasteiger partial charge is 0.440 e. The minimum atomic E-state index is -2.98. The Bertz CT molecular complexity index is 1640. The van der Waals surface area contributed by atoms with Crippen molar-refractivity contribution in [1.29, 1.82) is 10.5 Å². The van der Waals surface area contributed by atoms with Crippen LogP contribution in [-0.2, 0) is 14.6 Å². The van der Waals surface area contributed by atoms with Gasteiger partial charge < -0.3 is 9.32 Å². The molecule has 0 unspecified atom stereocenters. The summed E-state index contributed by atoms with van der Waals surface area (Å²) in [4.78, 5) is 20.6. The van der Waals surface area contributed by atoms with E-state index in [4.69, 9.17) is 9.40 Å². The van der Waals surface area contributed by atoms with Crippen molar-refractivity contribution in [3.8, 4) is 34.8 Å². The van der Waals surface area contributed by atoms with Crippen LogP contribution in [0.4, 0.5) is 5.69 Å². The van der Waals surface area contributed by atoms with Crippen molar-refractivity contribution in [2.45, 2.75) is 50.9 Å². The average molecular weight is 569 g/mol. The summed E-state index contributed by atoms with van der Waals surface area (Å²) in [5.41, 5.74) is 3.01. The zero-order chi connectivity index (χ0) is 28.6. The van der Waals surface area contributed by atoms with E-state index in [-0.39, 0.29) is 29.1 Å². The second kappa shape index (κ2) is 10.8. The van der Waals surface area contributed by atoms with Crippen molar-refractivity contribution in [3.05, 3.63) is 59.9 Å². The van der Waals surface area contributed by atoms with E-state index in [2.05, 4.69) is 17.0 Å². The Morgan fingerprint density at radius 2 is 1.73 bits per heavy atom. The number of anilines is 1. The van der Waals surface area contributed by atoms with E-state index in [1.807, 2.05) is 36.4 Å². The first-order chi connectivity index (χ1) is 19.8. The van der Waals surface area contributed by atoms with Crippen molar-refractivity contribution < 1.29 is 17.6 Å². The van der Waals surface area contributed by atoms with Crippen molar-refractivity contribution in [3.63, 3.8) is 0 Å². The highest BCUT2D eigenvalue weighted by Crippen LogP contribution is 2.51. The number of hydrogen-bond donors (Lipinski definition) is 0. The monoisotopic (exact) mass is 568 g/mol. The van der Waals surface area contributed by atoms with Crippen LogP contribution in [0, 0.1) is 34.0 Å². The lowest BCUT2D eigenvalue weighted by Gasteiger charge is -2.30. The maximum atomic E-state index is 13.6. The van der Waals surface area contributed by atoms with Gasteiger partial charge in [-0.2, -0.15) is 10.5 Å². The molecule has 3 aliphatic rings. The summed E-state index contributed by atoms with van der Waals surface area (Å²) in [5, 5.41) is 19.3. The van der Waals surface area contributed by atoms with Crippen LogP contribution in [0.3, 0.4) is 0 Å².